The Balaban J connectivity index is 1.28. The van der Waals surface area contributed by atoms with Crippen molar-refractivity contribution in [1.82, 2.24) is 0 Å². The maximum absolute atomic E-state index is 2.41. The first-order valence-corrected chi connectivity index (χ1v) is 14.9. The monoisotopic (exact) mass is 546 g/mol. The number of fused-ring (bicyclic) bond motifs is 3. The van der Waals surface area contributed by atoms with Crippen LogP contribution in [0.4, 0.5) is 0 Å². The minimum absolute atomic E-state index is 0.397. The van der Waals surface area contributed by atoms with E-state index in [4.69, 9.17) is 0 Å². The van der Waals surface area contributed by atoms with E-state index in [1.165, 1.54) is 66.8 Å². The molecule has 0 heteroatoms. The van der Waals surface area contributed by atoms with E-state index in [1.54, 1.807) is 0 Å². The Morgan fingerprint density at radius 3 is 1.19 bits per heavy atom. The van der Waals surface area contributed by atoms with Crippen LogP contribution in [0.25, 0.3) is 44.5 Å². The van der Waals surface area contributed by atoms with E-state index >= 15 is 0 Å². The van der Waals surface area contributed by atoms with Gasteiger partial charge in [0, 0.05) is 0 Å². The average Bonchev–Trinajstić information content (AvgIpc) is 3.40. The lowest BCUT2D eigenvalue weighted by molar-refractivity contribution is 0.769. The summed E-state index contributed by atoms with van der Waals surface area (Å²) in [5.41, 5.74) is 14.8. The number of benzene rings is 7. The lowest BCUT2D eigenvalue weighted by Gasteiger charge is -2.34. The second-order valence-corrected chi connectivity index (χ2v) is 11.3. The van der Waals surface area contributed by atoms with E-state index in [2.05, 4.69) is 182 Å². The molecule has 0 saturated carbocycles. The topological polar surface area (TPSA) is 0 Å². The van der Waals surface area contributed by atoms with Crippen molar-refractivity contribution < 1.29 is 0 Å². The first kappa shape index (κ1) is 25.3. The second kappa shape index (κ2) is 10.4. The smallest absolute Gasteiger partial charge is 0.0622 e. The quantitative estimate of drug-likeness (QED) is 0.201. The molecule has 7 aromatic rings. The van der Waals surface area contributed by atoms with Gasteiger partial charge in [-0.3, -0.25) is 0 Å². The first-order chi connectivity index (χ1) is 21.3. The second-order valence-electron chi connectivity index (χ2n) is 11.3. The third kappa shape index (κ3) is 4.15. The van der Waals surface area contributed by atoms with Gasteiger partial charge in [-0.2, -0.15) is 0 Å². The van der Waals surface area contributed by atoms with Crippen molar-refractivity contribution in [3.8, 4) is 44.5 Å². The highest BCUT2D eigenvalue weighted by Gasteiger charge is 2.45. The van der Waals surface area contributed by atoms with E-state index in [0.29, 0.717) is 0 Å². The molecule has 0 saturated heterocycles. The molecule has 0 spiro atoms. The van der Waals surface area contributed by atoms with Gasteiger partial charge in [-0.1, -0.05) is 164 Å². The summed E-state index contributed by atoms with van der Waals surface area (Å²) in [5, 5.41) is 0. The zero-order chi connectivity index (χ0) is 28.6. The molecule has 1 aliphatic rings. The van der Waals surface area contributed by atoms with Gasteiger partial charge in [0.25, 0.3) is 0 Å². The van der Waals surface area contributed by atoms with Gasteiger partial charge < -0.3 is 0 Å². The average molecular weight is 547 g/mol. The predicted octanol–water partition coefficient (Wildman–Crippen LogP) is 11.1. The summed E-state index contributed by atoms with van der Waals surface area (Å²) >= 11 is 0. The summed E-state index contributed by atoms with van der Waals surface area (Å²) < 4.78 is 0. The van der Waals surface area contributed by atoms with Crippen molar-refractivity contribution in [3.05, 3.63) is 204 Å². The Morgan fingerprint density at radius 2 is 0.628 bits per heavy atom. The fourth-order valence-electron chi connectivity index (χ4n) is 7.03. The Bertz CT molecular complexity index is 2020. The molecule has 0 unspecified atom stereocenters. The molecule has 1 aliphatic carbocycles. The Labute approximate surface area is 253 Å². The van der Waals surface area contributed by atoms with E-state index in [1.807, 2.05) is 0 Å². The summed E-state index contributed by atoms with van der Waals surface area (Å²) in [6, 6.07) is 66.4. The maximum Gasteiger partial charge on any atom is 0.0713 e. The fraction of sp³-hybridized carbons (Fsp3) is 0.0233. The fourth-order valence-corrected chi connectivity index (χ4v) is 7.03. The van der Waals surface area contributed by atoms with Crippen LogP contribution < -0.4 is 0 Å². The molecule has 0 heterocycles. The molecule has 0 amide bonds. The van der Waals surface area contributed by atoms with Crippen LogP contribution in [-0.4, -0.2) is 0 Å². The molecule has 0 N–H and O–H groups in total. The molecule has 0 bridgehead atoms. The largest absolute Gasteiger partial charge is 0.0713 e. The molecule has 43 heavy (non-hydrogen) atoms. The van der Waals surface area contributed by atoms with Crippen molar-refractivity contribution in [1.29, 1.82) is 0 Å². The van der Waals surface area contributed by atoms with Crippen LogP contribution in [-0.2, 0) is 5.41 Å². The third-order valence-electron chi connectivity index (χ3n) is 8.95. The van der Waals surface area contributed by atoms with Crippen LogP contribution in [0.1, 0.15) is 22.3 Å². The van der Waals surface area contributed by atoms with Crippen molar-refractivity contribution in [2.45, 2.75) is 5.41 Å². The highest BCUT2D eigenvalue weighted by Crippen LogP contribution is 2.56. The molecule has 0 atom stereocenters. The molecule has 0 radical (unpaired) electrons. The van der Waals surface area contributed by atoms with Gasteiger partial charge in [-0.05, 0) is 85.0 Å². The zero-order valence-electron chi connectivity index (χ0n) is 23.8. The van der Waals surface area contributed by atoms with E-state index in [9.17, 15) is 0 Å². The first-order valence-electron chi connectivity index (χ1n) is 14.9. The predicted molar refractivity (Wildman–Crippen MR) is 180 cm³/mol. The maximum atomic E-state index is 2.41. The summed E-state index contributed by atoms with van der Waals surface area (Å²) in [4.78, 5) is 0. The molecule has 7 aromatic carbocycles. The molecular weight excluding hydrogens is 516 g/mol. The standard InChI is InChI=1S/C43H30/c1-3-14-31(15-4-1)32-16-11-17-33(28-32)34-18-12-19-35(29-34)36-20-13-23-38(30-36)43(37-21-5-2-6-22-37)41-26-9-7-24-39(41)40-25-8-10-27-42(40)43/h1-30H. The van der Waals surface area contributed by atoms with Gasteiger partial charge in [0.15, 0.2) is 0 Å². The van der Waals surface area contributed by atoms with Gasteiger partial charge in [0.2, 0.25) is 0 Å². The summed E-state index contributed by atoms with van der Waals surface area (Å²) in [5.74, 6) is 0. The van der Waals surface area contributed by atoms with Crippen LogP contribution in [0.3, 0.4) is 0 Å². The number of rotatable bonds is 5. The van der Waals surface area contributed by atoms with Crippen molar-refractivity contribution in [2.75, 3.05) is 0 Å². The normalized spacial score (nSPS) is 12.8. The summed E-state index contributed by atoms with van der Waals surface area (Å²) in [6.45, 7) is 0. The van der Waals surface area contributed by atoms with Crippen LogP contribution in [0.2, 0.25) is 0 Å². The lowest BCUT2D eigenvalue weighted by atomic mass is 9.67. The highest BCUT2D eigenvalue weighted by molar-refractivity contribution is 5.87. The molecule has 0 aromatic heterocycles. The highest BCUT2D eigenvalue weighted by atomic mass is 14.5. The Kier molecular flexibility index (Phi) is 6.12. The molecular formula is C43H30. The lowest BCUT2D eigenvalue weighted by Crippen LogP contribution is -2.28. The van der Waals surface area contributed by atoms with E-state index < -0.39 is 5.41 Å². The van der Waals surface area contributed by atoms with Crippen LogP contribution in [0, 0.1) is 0 Å². The van der Waals surface area contributed by atoms with Gasteiger partial charge in [-0.25, -0.2) is 0 Å². The van der Waals surface area contributed by atoms with E-state index in [0.717, 1.165) is 0 Å². The minimum atomic E-state index is -0.397. The number of hydrogen-bond acceptors (Lipinski definition) is 0. The Morgan fingerprint density at radius 1 is 0.256 bits per heavy atom. The molecule has 0 fully saturated rings. The van der Waals surface area contributed by atoms with Crippen molar-refractivity contribution in [2.24, 2.45) is 0 Å². The Hall–Kier alpha value is -5.46. The molecule has 0 aliphatic heterocycles. The summed E-state index contributed by atoms with van der Waals surface area (Å²) in [7, 11) is 0. The molecule has 0 nitrogen and oxygen atoms in total. The SMILES string of the molecule is c1ccc(-c2cccc(-c3cccc(-c4cccc(C5(c6ccccc6)c6ccccc6-c6ccccc65)c4)c3)c2)cc1. The molecule has 202 valence electrons. The summed E-state index contributed by atoms with van der Waals surface area (Å²) in [6.07, 6.45) is 0. The van der Waals surface area contributed by atoms with E-state index in [-0.39, 0.29) is 0 Å². The van der Waals surface area contributed by atoms with Gasteiger partial charge in [0.1, 0.15) is 0 Å². The third-order valence-corrected chi connectivity index (χ3v) is 8.95. The van der Waals surface area contributed by atoms with Gasteiger partial charge in [-0.15, -0.1) is 0 Å². The zero-order valence-corrected chi connectivity index (χ0v) is 23.8. The van der Waals surface area contributed by atoms with Crippen LogP contribution >= 0.6 is 0 Å². The molecule has 8 rings (SSSR count). The van der Waals surface area contributed by atoms with Gasteiger partial charge in [0.05, 0.1) is 5.41 Å². The van der Waals surface area contributed by atoms with Crippen molar-refractivity contribution in [3.63, 3.8) is 0 Å². The van der Waals surface area contributed by atoms with Crippen LogP contribution in [0.5, 0.6) is 0 Å². The van der Waals surface area contributed by atoms with Crippen LogP contribution in [0.15, 0.2) is 182 Å². The van der Waals surface area contributed by atoms with Crippen molar-refractivity contribution >= 4 is 0 Å². The number of hydrogen-bond donors (Lipinski definition) is 0. The van der Waals surface area contributed by atoms with Gasteiger partial charge >= 0.3 is 0 Å². The minimum Gasteiger partial charge on any atom is -0.0622 e.